The van der Waals surface area contributed by atoms with Crippen LogP contribution in [0.4, 0.5) is 18.9 Å². The molecule has 0 aromatic heterocycles. The Bertz CT molecular complexity index is 790. The fourth-order valence-corrected chi connectivity index (χ4v) is 4.30. The summed E-state index contributed by atoms with van der Waals surface area (Å²) in [7, 11) is 0. The van der Waals surface area contributed by atoms with Gasteiger partial charge >= 0.3 is 6.18 Å². The van der Waals surface area contributed by atoms with E-state index in [0.717, 1.165) is 50.4 Å². The summed E-state index contributed by atoms with van der Waals surface area (Å²) in [5, 5.41) is 3.33. The van der Waals surface area contributed by atoms with Crippen LogP contribution in [0.3, 0.4) is 0 Å². The zero-order valence-corrected chi connectivity index (χ0v) is 18.4. The second-order valence-electron chi connectivity index (χ2n) is 8.29. The highest BCUT2D eigenvalue weighted by Crippen LogP contribution is 2.35. The molecule has 2 aromatic rings. The van der Waals surface area contributed by atoms with Gasteiger partial charge in [0.25, 0.3) is 0 Å². The van der Waals surface area contributed by atoms with Gasteiger partial charge in [0, 0.05) is 24.7 Å². The Morgan fingerprint density at radius 2 is 1.74 bits per heavy atom. The Labute approximate surface area is 183 Å². The fourth-order valence-electron chi connectivity index (χ4n) is 4.30. The maximum absolute atomic E-state index is 12.8. The number of hydrogen-bond donors (Lipinski definition) is 1. The van der Waals surface area contributed by atoms with Crippen molar-refractivity contribution in [2.75, 3.05) is 38.1 Å². The molecule has 1 fully saturated rings. The minimum atomic E-state index is -4.33. The maximum atomic E-state index is 12.8. The highest BCUT2D eigenvalue weighted by atomic mass is 19.4. The number of piperidine rings is 1. The number of hydrogen-bond acceptors (Lipinski definition) is 3. The summed E-state index contributed by atoms with van der Waals surface area (Å²) in [5.41, 5.74) is 1.77. The maximum Gasteiger partial charge on any atom is 0.416 e. The number of benzene rings is 2. The summed E-state index contributed by atoms with van der Waals surface area (Å²) >= 11 is 0. The lowest BCUT2D eigenvalue weighted by atomic mass is 9.80. The van der Waals surface area contributed by atoms with Crippen molar-refractivity contribution >= 4 is 5.69 Å². The van der Waals surface area contributed by atoms with Crippen molar-refractivity contribution in [3.05, 3.63) is 59.7 Å². The van der Waals surface area contributed by atoms with Crippen molar-refractivity contribution in [3.8, 4) is 5.75 Å². The first kappa shape index (κ1) is 23.5. The van der Waals surface area contributed by atoms with Crippen LogP contribution in [-0.4, -0.2) is 37.7 Å². The van der Waals surface area contributed by atoms with E-state index in [4.69, 9.17) is 4.74 Å². The second-order valence-corrected chi connectivity index (χ2v) is 8.29. The highest BCUT2D eigenvalue weighted by Gasteiger charge is 2.32. The van der Waals surface area contributed by atoms with Gasteiger partial charge in [0.2, 0.25) is 0 Å². The number of likely N-dealkylation sites (tertiary alicyclic amines) is 1. The molecule has 2 aromatic carbocycles. The van der Waals surface area contributed by atoms with Gasteiger partial charge in [-0.05, 0) is 80.7 Å². The van der Waals surface area contributed by atoms with Crippen molar-refractivity contribution < 1.29 is 17.9 Å². The molecule has 0 bridgehead atoms. The van der Waals surface area contributed by atoms with Crippen LogP contribution in [0.15, 0.2) is 48.5 Å². The molecule has 1 N–H and O–H groups in total. The Morgan fingerprint density at radius 1 is 1.03 bits per heavy atom. The SMILES string of the molecule is CCCCN1CC[C@@H](c2ccc(NCC)cc2)[C@H](COc2ccc(C(F)(F)F)cc2)C1. The number of unbranched alkanes of at least 4 members (excludes halogenated alkanes) is 1. The molecule has 0 unspecified atom stereocenters. The predicted molar refractivity (Wildman–Crippen MR) is 120 cm³/mol. The van der Waals surface area contributed by atoms with Crippen molar-refractivity contribution in [3.63, 3.8) is 0 Å². The molecular weight excluding hydrogens is 401 g/mol. The first-order chi connectivity index (χ1) is 14.9. The monoisotopic (exact) mass is 434 g/mol. The molecule has 0 aliphatic carbocycles. The molecule has 0 saturated carbocycles. The van der Waals surface area contributed by atoms with E-state index in [2.05, 4.69) is 48.3 Å². The Hall–Kier alpha value is -2.21. The number of alkyl halides is 3. The molecule has 0 radical (unpaired) electrons. The van der Waals surface area contributed by atoms with Crippen LogP contribution in [0.2, 0.25) is 0 Å². The summed E-state index contributed by atoms with van der Waals surface area (Å²) in [4.78, 5) is 2.49. The number of halogens is 3. The molecule has 0 spiro atoms. The normalized spacial score (nSPS) is 19.9. The molecule has 2 atom stereocenters. The Morgan fingerprint density at radius 3 is 2.35 bits per heavy atom. The number of nitrogens with one attached hydrogen (secondary N) is 1. The lowest BCUT2D eigenvalue weighted by Gasteiger charge is -2.39. The Balaban J connectivity index is 1.69. The molecule has 1 heterocycles. The predicted octanol–water partition coefficient (Wildman–Crippen LogP) is 6.42. The molecule has 0 amide bonds. The molecule has 3 rings (SSSR count). The lowest BCUT2D eigenvalue weighted by Crippen LogP contribution is -2.42. The highest BCUT2D eigenvalue weighted by molar-refractivity contribution is 5.45. The zero-order chi connectivity index (χ0) is 22.3. The van der Waals surface area contributed by atoms with Crippen molar-refractivity contribution in [2.24, 2.45) is 5.92 Å². The van der Waals surface area contributed by atoms with Crippen LogP contribution in [0, 0.1) is 5.92 Å². The molecule has 3 nitrogen and oxygen atoms in total. The molecule has 1 aliphatic rings. The van der Waals surface area contributed by atoms with E-state index in [1.807, 2.05) is 0 Å². The first-order valence-corrected chi connectivity index (χ1v) is 11.3. The van der Waals surface area contributed by atoms with E-state index >= 15 is 0 Å². The van der Waals surface area contributed by atoms with Gasteiger partial charge in [-0.25, -0.2) is 0 Å². The van der Waals surface area contributed by atoms with Gasteiger partial charge in [-0.15, -0.1) is 0 Å². The van der Waals surface area contributed by atoms with Crippen LogP contribution in [0.1, 0.15) is 50.2 Å². The van der Waals surface area contributed by atoms with Crippen LogP contribution >= 0.6 is 0 Å². The van der Waals surface area contributed by atoms with Crippen molar-refractivity contribution in [2.45, 2.75) is 45.2 Å². The van der Waals surface area contributed by atoms with Crippen molar-refractivity contribution in [1.29, 1.82) is 0 Å². The molecule has 170 valence electrons. The van der Waals surface area contributed by atoms with E-state index < -0.39 is 11.7 Å². The largest absolute Gasteiger partial charge is 0.493 e. The molecule has 31 heavy (non-hydrogen) atoms. The van der Waals surface area contributed by atoms with Gasteiger partial charge in [0.15, 0.2) is 0 Å². The summed E-state index contributed by atoms with van der Waals surface area (Å²) in [6.07, 6.45) is -0.927. The van der Waals surface area contributed by atoms with Crippen molar-refractivity contribution in [1.82, 2.24) is 4.90 Å². The molecule has 6 heteroatoms. The van der Waals surface area contributed by atoms with Crippen LogP contribution in [0.5, 0.6) is 5.75 Å². The standard InChI is InChI=1S/C25H33F3N2O/c1-3-5-15-30-16-14-24(19-6-10-22(11-7-19)29-4-2)20(17-30)18-31-23-12-8-21(9-13-23)25(26,27)28/h6-13,20,24,29H,3-5,14-18H2,1-2H3/t20-,24-/m0/s1. The van der Waals surface area contributed by atoms with Gasteiger partial charge in [-0.2, -0.15) is 13.2 Å². The molecule has 1 saturated heterocycles. The third-order valence-corrected chi connectivity index (χ3v) is 6.01. The second kappa shape index (κ2) is 10.9. The van der Waals surface area contributed by atoms with Gasteiger partial charge in [0.05, 0.1) is 12.2 Å². The van der Waals surface area contributed by atoms with E-state index in [9.17, 15) is 13.2 Å². The first-order valence-electron chi connectivity index (χ1n) is 11.3. The van der Waals surface area contributed by atoms with E-state index in [1.54, 1.807) is 0 Å². The van der Waals surface area contributed by atoms with Gasteiger partial charge in [0.1, 0.15) is 5.75 Å². The fraction of sp³-hybridized carbons (Fsp3) is 0.520. The molecular formula is C25H33F3N2O. The van der Waals surface area contributed by atoms with E-state index in [-0.39, 0.29) is 5.92 Å². The average Bonchev–Trinajstić information content (AvgIpc) is 2.77. The van der Waals surface area contributed by atoms with Gasteiger partial charge in [-0.3, -0.25) is 0 Å². The number of anilines is 1. The quantitative estimate of drug-likeness (QED) is 0.493. The zero-order valence-electron chi connectivity index (χ0n) is 18.4. The third kappa shape index (κ3) is 6.63. The van der Waals surface area contributed by atoms with Crippen LogP contribution < -0.4 is 10.1 Å². The van der Waals surface area contributed by atoms with Crippen LogP contribution in [-0.2, 0) is 6.18 Å². The number of nitrogens with zero attached hydrogens (tertiary/aromatic N) is 1. The van der Waals surface area contributed by atoms with Gasteiger partial charge < -0.3 is 15.0 Å². The minimum Gasteiger partial charge on any atom is -0.493 e. The molecule has 1 aliphatic heterocycles. The summed E-state index contributed by atoms with van der Waals surface area (Å²) in [6, 6.07) is 13.6. The smallest absolute Gasteiger partial charge is 0.416 e. The summed E-state index contributed by atoms with van der Waals surface area (Å²) < 4.78 is 44.4. The third-order valence-electron chi connectivity index (χ3n) is 6.01. The topological polar surface area (TPSA) is 24.5 Å². The number of rotatable bonds is 9. The number of ether oxygens (including phenoxy) is 1. The summed E-state index contributed by atoms with van der Waals surface area (Å²) in [5.74, 6) is 1.15. The summed E-state index contributed by atoms with van der Waals surface area (Å²) in [6.45, 7) is 8.75. The average molecular weight is 435 g/mol. The van der Waals surface area contributed by atoms with Crippen LogP contribution in [0.25, 0.3) is 0 Å². The van der Waals surface area contributed by atoms with E-state index in [1.165, 1.54) is 30.5 Å². The Kier molecular flexibility index (Phi) is 8.24. The lowest BCUT2D eigenvalue weighted by molar-refractivity contribution is -0.137. The van der Waals surface area contributed by atoms with E-state index in [0.29, 0.717) is 18.3 Å². The minimum absolute atomic E-state index is 0.290. The van der Waals surface area contributed by atoms with Gasteiger partial charge in [-0.1, -0.05) is 25.5 Å².